The fourth-order valence-corrected chi connectivity index (χ4v) is 2.06. The van der Waals surface area contributed by atoms with Crippen LogP contribution in [0.1, 0.15) is 16.2 Å². The molecule has 5 nitrogen and oxygen atoms in total. The second-order valence-corrected chi connectivity index (χ2v) is 4.60. The molecule has 21 heavy (non-hydrogen) atoms. The number of ether oxygens (including phenoxy) is 1. The SMILES string of the molecule is COc1ccc(NC(=O)c2ccc3oc(C)nc3c2)cc1. The Bertz CT molecular complexity index is 791. The molecule has 0 bridgehead atoms. The van der Waals surface area contributed by atoms with Crippen LogP contribution in [0.3, 0.4) is 0 Å². The van der Waals surface area contributed by atoms with E-state index in [0.29, 0.717) is 28.2 Å². The topological polar surface area (TPSA) is 64.4 Å². The summed E-state index contributed by atoms with van der Waals surface area (Å²) in [5.74, 6) is 1.13. The molecule has 1 amide bonds. The van der Waals surface area contributed by atoms with Crippen LogP contribution in [-0.2, 0) is 0 Å². The largest absolute Gasteiger partial charge is 0.497 e. The number of anilines is 1. The number of carbonyl (C=O) groups excluding carboxylic acids is 1. The summed E-state index contributed by atoms with van der Waals surface area (Å²) >= 11 is 0. The maximum absolute atomic E-state index is 12.2. The van der Waals surface area contributed by atoms with E-state index in [1.54, 1.807) is 56.5 Å². The van der Waals surface area contributed by atoms with E-state index in [0.717, 1.165) is 5.75 Å². The summed E-state index contributed by atoms with van der Waals surface area (Å²) in [6.07, 6.45) is 0. The summed E-state index contributed by atoms with van der Waals surface area (Å²) in [6, 6.07) is 12.3. The van der Waals surface area contributed by atoms with E-state index in [1.165, 1.54) is 0 Å². The van der Waals surface area contributed by atoms with Gasteiger partial charge in [-0.1, -0.05) is 0 Å². The van der Waals surface area contributed by atoms with Gasteiger partial charge < -0.3 is 14.5 Å². The van der Waals surface area contributed by atoms with E-state index in [-0.39, 0.29) is 5.91 Å². The maximum Gasteiger partial charge on any atom is 0.255 e. The molecule has 0 fully saturated rings. The molecule has 3 rings (SSSR count). The first kappa shape index (κ1) is 13.2. The Hall–Kier alpha value is -2.82. The number of aromatic nitrogens is 1. The molecule has 0 radical (unpaired) electrons. The molecule has 0 aliphatic heterocycles. The molecule has 0 saturated heterocycles. The zero-order chi connectivity index (χ0) is 14.8. The van der Waals surface area contributed by atoms with Crippen LogP contribution in [0.4, 0.5) is 5.69 Å². The number of methoxy groups -OCH3 is 1. The molecular formula is C16H14N2O3. The van der Waals surface area contributed by atoms with Crippen LogP contribution in [0, 0.1) is 6.92 Å². The third kappa shape index (κ3) is 2.72. The monoisotopic (exact) mass is 282 g/mol. The van der Waals surface area contributed by atoms with Crippen molar-refractivity contribution in [2.24, 2.45) is 0 Å². The Labute approximate surface area is 121 Å². The number of hydrogen-bond donors (Lipinski definition) is 1. The van der Waals surface area contributed by atoms with Crippen molar-refractivity contribution in [2.45, 2.75) is 6.92 Å². The highest BCUT2D eigenvalue weighted by molar-refractivity contribution is 6.05. The lowest BCUT2D eigenvalue weighted by Gasteiger charge is -2.06. The molecule has 3 aromatic rings. The number of benzene rings is 2. The predicted molar refractivity (Wildman–Crippen MR) is 79.7 cm³/mol. The standard InChI is InChI=1S/C16H14N2O3/c1-10-17-14-9-11(3-8-15(14)21-10)16(19)18-12-4-6-13(20-2)7-5-12/h3-9H,1-2H3,(H,18,19). The van der Waals surface area contributed by atoms with Crippen LogP contribution >= 0.6 is 0 Å². The number of oxazole rings is 1. The number of fused-ring (bicyclic) bond motifs is 1. The Morgan fingerprint density at radius 2 is 1.95 bits per heavy atom. The van der Waals surface area contributed by atoms with Crippen molar-refractivity contribution in [3.63, 3.8) is 0 Å². The summed E-state index contributed by atoms with van der Waals surface area (Å²) < 4.78 is 10.5. The van der Waals surface area contributed by atoms with Gasteiger partial charge in [0.25, 0.3) is 5.91 Å². The van der Waals surface area contributed by atoms with Crippen molar-refractivity contribution < 1.29 is 13.9 Å². The molecule has 1 N–H and O–H groups in total. The fraction of sp³-hybridized carbons (Fsp3) is 0.125. The lowest BCUT2D eigenvalue weighted by atomic mass is 10.2. The van der Waals surface area contributed by atoms with Crippen LogP contribution < -0.4 is 10.1 Å². The predicted octanol–water partition coefficient (Wildman–Crippen LogP) is 3.40. The third-order valence-corrected chi connectivity index (χ3v) is 3.10. The molecule has 5 heteroatoms. The minimum Gasteiger partial charge on any atom is -0.497 e. The van der Waals surface area contributed by atoms with Crippen LogP contribution in [0.5, 0.6) is 5.75 Å². The summed E-state index contributed by atoms with van der Waals surface area (Å²) in [4.78, 5) is 16.4. The molecule has 0 atom stereocenters. The fourth-order valence-electron chi connectivity index (χ4n) is 2.06. The number of rotatable bonds is 3. The number of carbonyl (C=O) groups is 1. The van der Waals surface area contributed by atoms with Crippen LogP contribution in [0.15, 0.2) is 46.9 Å². The van der Waals surface area contributed by atoms with Gasteiger partial charge in [0.15, 0.2) is 11.5 Å². The molecule has 0 saturated carbocycles. The van der Waals surface area contributed by atoms with Crippen molar-refractivity contribution in [1.82, 2.24) is 4.98 Å². The average Bonchev–Trinajstić information content (AvgIpc) is 2.87. The molecule has 0 unspecified atom stereocenters. The Kier molecular flexibility index (Phi) is 3.31. The van der Waals surface area contributed by atoms with E-state index in [9.17, 15) is 4.79 Å². The second-order valence-electron chi connectivity index (χ2n) is 4.60. The van der Waals surface area contributed by atoms with Gasteiger partial charge in [0.1, 0.15) is 11.3 Å². The lowest BCUT2D eigenvalue weighted by Crippen LogP contribution is -2.11. The van der Waals surface area contributed by atoms with Gasteiger partial charge in [-0.05, 0) is 42.5 Å². The van der Waals surface area contributed by atoms with E-state index in [1.807, 2.05) is 0 Å². The average molecular weight is 282 g/mol. The molecule has 1 aromatic heterocycles. The Morgan fingerprint density at radius 3 is 2.67 bits per heavy atom. The number of hydrogen-bond acceptors (Lipinski definition) is 4. The highest BCUT2D eigenvalue weighted by Crippen LogP contribution is 2.19. The van der Waals surface area contributed by atoms with E-state index in [4.69, 9.17) is 9.15 Å². The first-order valence-electron chi connectivity index (χ1n) is 6.48. The summed E-state index contributed by atoms with van der Waals surface area (Å²) in [5.41, 5.74) is 2.59. The van der Waals surface area contributed by atoms with Gasteiger partial charge in [0, 0.05) is 18.2 Å². The second kappa shape index (κ2) is 5.28. The number of aryl methyl sites for hydroxylation is 1. The van der Waals surface area contributed by atoms with E-state index >= 15 is 0 Å². The first-order valence-corrected chi connectivity index (χ1v) is 6.48. The van der Waals surface area contributed by atoms with Crippen molar-refractivity contribution in [3.05, 3.63) is 53.9 Å². The van der Waals surface area contributed by atoms with E-state index < -0.39 is 0 Å². The highest BCUT2D eigenvalue weighted by atomic mass is 16.5. The molecular weight excluding hydrogens is 268 g/mol. The van der Waals surface area contributed by atoms with Gasteiger partial charge in [-0.2, -0.15) is 0 Å². The number of amides is 1. The van der Waals surface area contributed by atoms with Crippen molar-refractivity contribution in [2.75, 3.05) is 12.4 Å². The minimum absolute atomic E-state index is 0.192. The van der Waals surface area contributed by atoms with Gasteiger partial charge in [-0.15, -0.1) is 0 Å². The van der Waals surface area contributed by atoms with E-state index in [2.05, 4.69) is 10.3 Å². The van der Waals surface area contributed by atoms with Gasteiger partial charge in [-0.25, -0.2) is 4.98 Å². The first-order chi connectivity index (χ1) is 10.2. The molecule has 1 heterocycles. The van der Waals surface area contributed by atoms with Crippen LogP contribution in [0.25, 0.3) is 11.1 Å². The summed E-state index contributed by atoms with van der Waals surface area (Å²) in [6.45, 7) is 1.77. The Balaban J connectivity index is 1.82. The Morgan fingerprint density at radius 1 is 1.19 bits per heavy atom. The van der Waals surface area contributed by atoms with Gasteiger partial charge >= 0.3 is 0 Å². The molecule has 0 aliphatic rings. The zero-order valence-electron chi connectivity index (χ0n) is 11.7. The van der Waals surface area contributed by atoms with Gasteiger partial charge in [-0.3, -0.25) is 4.79 Å². The van der Waals surface area contributed by atoms with Crippen LogP contribution in [0.2, 0.25) is 0 Å². The molecule has 106 valence electrons. The van der Waals surface area contributed by atoms with Crippen molar-refractivity contribution >= 4 is 22.7 Å². The highest BCUT2D eigenvalue weighted by Gasteiger charge is 2.09. The normalized spacial score (nSPS) is 10.6. The smallest absolute Gasteiger partial charge is 0.255 e. The molecule has 0 aliphatic carbocycles. The van der Waals surface area contributed by atoms with Gasteiger partial charge in [0.2, 0.25) is 0 Å². The van der Waals surface area contributed by atoms with Gasteiger partial charge in [0.05, 0.1) is 7.11 Å². The summed E-state index contributed by atoms with van der Waals surface area (Å²) in [5, 5.41) is 2.83. The lowest BCUT2D eigenvalue weighted by molar-refractivity contribution is 0.102. The molecule has 2 aromatic carbocycles. The van der Waals surface area contributed by atoms with Crippen molar-refractivity contribution in [1.29, 1.82) is 0 Å². The summed E-state index contributed by atoms with van der Waals surface area (Å²) in [7, 11) is 1.60. The van der Waals surface area contributed by atoms with Crippen molar-refractivity contribution in [3.8, 4) is 5.75 Å². The number of nitrogens with one attached hydrogen (secondary N) is 1. The minimum atomic E-state index is -0.192. The number of nitrogens with zero attached hydrogens (tertiary/aromatic N) is 1. The third-order valence-electron chi connectivity index (χ3n) is 3.10. The molecule has 0 spiro atoms. The maximum atomic E-state index is 12.2. The zero-order valence-corrected chi connectivity index (χ0v) is 11.7. The van der Waals surface area contributed by atoms with Crippen LogP contribution in [-0.4, -0.2) is 18.0 Å². The quantitative estimate of drug-likeness (QED) is 0.799.